The van der Waals surface area contributed by atoms with Crippen molar-refractivity contribution in [3.8, 4) is 11.6 Å². The Hall–Kier alpha value is -1.33. The molecule has 1 aliphatic rings. The number of aromatic nitrogens is 2. The molecule has 4 nitrogen and oxygen atoms in total. The Balaban J connectivity index is 1.89. The van der Waals surface area contributed by atoms with Crippen LogP contribution in [-0.4, -0.2) is 16.5 Å². The average Bonchev–Trinajstić information content (AvgIpc) is 3.27. The van der Waals surface area contributed by atoms with Crippen LogP contribution in [0.4, 0.5) is 5.82 Å². The Kier molecular flexibility index (Phi) is 4.31. The Morgan fingerprint density at radius 1 is 1.33 bits per heavy atom. The molecule has 21 heavy (non-hydrogen) atoms. The summed E-state index contributed by atoms with van der Waals surface area (Å²) in [6, 6.07) is 7.22. The van der Waals surface area contributed by atoms with Crippen molar-refractivity contribution in [2.75, 3.05) is 11.9 Å². The SMILES string of the molecule is CCNc1cc(Oc2ccc(Cl)cc2Br)nc(C2CC2)n1. The van der Waals surface area contributed by atoms with Crippen LogP contribution in [0.3, 0.4) is 0 Å². The Labute approximate surface area is 137 Å². The van der Waals surface area contributed by atoms with Gasteiger partial charge in [0.1, 0.15) is 17.4 Å². The summed E-state index contributed by atoms with van der Waals surface area (Å²) >= 11 is 9.39. The summed E-state index contributed by atoms with van der Waals surface area (Å²) in [6.07, 6.45) is 2.30. The second-order valence-electron chi connectivity index (χ2n) is 4.93. The lowest BCUT2D eigenvalue weighted by atomic mass is 10.3. The molecule has 0 aliphatic heterocycles. The topological polar surface area (TPSA) is 47.0 Å². The summed E-state index contributed by atoms with van der Waals surface area (Å²) in [5.41, 5.74) is 0. The van der Waals surface area contributed by atoms with Gasteiger partial charge in [-0.15, -0.1) is 0 Å². The zero-order valence-electron chi connectivity index (χ0n) is 11.6. The predicted octanol–water partition coefficient (Wildman–Crippen LogP) is 4.99. The zero-order chi connectivity index (χ0) is 14.8. The van der Waals surface area contributed by atoms with Gasteiger partial charge in [-0.3, -0.25) is 0 Å². The maximum atomic E-state index is 5.94. The molecule has 6 heteroatoms. The smallest absolute Gasteiger partial charge is 0.224 e. The molecule has 1 heterocycles. The third-order valence-corrected chi connectivity index (χ3v) is 3.98. The standard InChI is InChI=1S/C15H15BrClN3O/c1-2-18-13-8-14(20-15(19-13)9-3-4-9)21-12-6-5-10(17)7-11(12)16/h5-9H,2-4H2,1H3,(H,18,19,20). The largest absolute Gasteiger partial charge is 0.438 e. The van der Waals surface area contributed by atoms with Crippen LogP contribution in [0.15, 0.2) is 28.7 Å². The van der Waals surface area contributed by atoms with Gasteiger partial charge in [0, 0.05) is 23.6 Å². The second-order valence-corrected chi connectivity index (χ2v) is 6.22. The van der Waals surface area contributed by atoms with Gasteiger partial charge in [0.15, 0.2) is 0 Å². The number of benzene rings is 1. The number of rotatable bonds is 5. The second kappa shape index (κ2) is 6.20. The minimum atomic E-state index is 0.472. The molecule has 2 aromatic rings. The highest BCUT2D eigenvalue weighted by molar-refractivity contribution is 9.10. The molecular formula is C15H15BrClN3O. The maximum absolute atomic E-state index is 5.94. The Morgan fingerprint density at radius 3 is 2.81 bits per heavy atom. The van der Waals surface area contributed by atoms with Crippen molar-refractivity contribution in [3.05, 3.63) is 39.6 Å². The van der Waals surface area contributed by atoms with E-state index in [1.165, 1.54) is 0 Å². The quantitative estimate of drug-likeness (QED) is 0.807. The van der Waals surface area contributed by atoms with E-state index in [1.807, 2.05) is 19.1 Å². The minimum Gasteiger partial charge on any atom is -0.438 e. The highest BCUT2D eigenvalue weighted by Gasteiger charge is 2.27. The highest BCUT2D eigenvalue weighted by atomic mass is 79.9. The molecule has 0 saturated heterocycles. The zero-order valence-corrected chi connectivity index (χ0v) is 13.9. The first kappa shape index (κ1) is 14.6. The van der Waals surface area contributed by atoms with E-state index in [-0.39, 0.29) is 0 Å². The van der Waals surface area contributed by atoms with E-state index in [0.29, 0.717) is 22.6 Å². The lowest BCUT2D eigenvalue weighted by molar-refractivity contribution is 0.456. The first-order valence-corrected chi connectivity index (χ1v) is 8.08. The van der Waals surface area contributed by atoms with Crippen molar-refractivity contribution in [2.24, 2.45) is 0 Å². The summed E-state index contributed by atoms with van der Waals surface area (Å²) < 4.78 is 6.67. The highest BCUT2D eigenvalue weighted by Crippen LogP contribution is 2.40. The predicted molar refractivity (Wildman–Crippen MR) is 87.4 cm³/mol. The summed E-state index contributed by atoms with van der Waals surface area (Å²) in [6.45, 7) is 2.85. The molecule has 1 saturated carbocycles. The van der Waals surface area contributed by atoms with Crippen molar-refractivity contribution in [2.45, 2.75) is 25.7 Å². The number of nitrogens with one attached hydrogen (secondary N) is 1. The summed E-state index contributed by atoms with van der Waals surface area (Å²) in [5, 5.41) is 3.87. The lowest BCUT2D eigenvalue weighted by Crippen LogP contribution is -2.04. The van der Waals surface area contributed by atoms with Crippen LogP contribution in [0.25, 0.3) is 0 Å². The van der Waals surface area contributed by atoms with E-state index < -0.39 is 0 Å². The van der Waals surface area contributed by atoms with Crippen LogP contribution in [0, 0.1) is 0 Å². The molecule has 1 aromatic carbocycles. The molecular weight excluding hydrogens is 354 g/mol. The monoisotopic (exact) mass is 367 g/mol. The van der Waals surface area contributed by atoms with Crippen LogP contribution in [0.2, 0.25) is 5.02 Å². The number of anilines is 1. The minimum absolute atomic E-state index is 0.472. The molecule has 3 rings (SSSR count). The van der Waals surface area contributed by atoms with Gasteiger partial charge in [0.2, 0.25) is 5.88 Å². The van der Waals surface area contributed by atoms with Crippen molar-refractivity contribution < 1.29 is 4.74 Å². The number of hydrogen-bond acceptors (Lipinski definition) is 4. The molecule has 0 amide bonds. The Morgan fingerprint density at radius 2 is 2.14 bits per heavy atom. The van der Waals surface area contributed by atoms with Crippen LogP contribution in [0.1, 0.15) is 31.5 Å². The van der Waals surface area contributed by atoms with E-state index in [2.05, 4.69) is 31.2 Å². The van der Waals surface area contributed by atoms with Crippen molar-refractivity contribution >= 4 is 33.3 Å². The summed E-state index contributed by atoms with van der Waals surface area (Å²) in [4.78, 5) is 9.04. The third kappa shape index (κ3) is 3.66. The van der Waals surface area contributed by atoms with Gasteiger partial charge < -0.3 is 10.1 Å². The van der Waals surface area contributed by atoms with Crippen molar-refractivity contribution in [1.82, 2.24) is 9.97 Å². The van der Waals surface area contributed by atoms with E-state index in [0.717, 1.165) is 35.5 Å². The number of ether oxygens (including phenoxy) is 1. The molecule has 0 bridgehead atoms. The molecule has 110 valence electrons. The molecule has 0 spiro atoms. The number of halogens is 2. The fourth-order valence-corrected chi connectivity index (χ4v) is 2.73. The first-order chi connectivity index (χ1) is 10.2. The van der Waals surface area contributed by atoms with Gasteiger partial charge in [-0.25, -0.2) is 4.98 Å². The van der Waals surface area contributed by atoms with Gasteiger partial charge in [0.25, 0.3) is 0 Å². The molecule has 1 aromatic heterocycles. The first-order valence-electron chi connectivity index (χ1n) is 6.91. The van der Waals surface area contributed by atoms with Gasteiger partial charge >= 0.3 is 0 Å². The van der Waals surface area contributed by atoms with Crippen LogP contribution in [-0.2, 0) is 0 Å². The molecule has 1 fully saturated rings. The normalized spacial score (nSPS) is 14.0. The molecule has 0 atom stereocenters. The average molecular weight is 369 g/mol. The summed E-state index contributed by atoms with van der Waals surface area (Å²) in [7, 11) is 0. The van der Waals surface area contributed by atoms with E-state index in [9.17, 15) is 0 Å². The van der Waals surface area contributed by atoms with Crippen LogP contribution >= 0.6 is 27.5 Å². The maximum Gasteiger partial charge on any atom is 0.224 e. The lowest BCUT2D eigenvalue weighted by Gasteiger charge is -2.10. The molecule has 1 N–H and O–H groups in total. The number of hydrogen-bond donors (Lipinski definition) is 1. The van der Waals surface area contributed by atoms with E-state index in [1.54, 1.807) is 12.1 Å². The van der Waals surface area contributed by atoms with E-state index in [4.69, 9.17) is 16.3 Å². The van der Waals surface area contributed by atoms with Crippen molar-refractivity contribution in [3.63, 3.8) is 0 Å². The van der Waals surface area contributed by atoms with Crippen LogP contribution in [0.5, 0.6) is 11.6 Å². The Bertz CT molecular complexity index is 661. The van der Waals surface area contributed by atoms with Crippen LogP contribution < -0.4 is 10.1 Å². The van der Waals surface area contributed by atoms with Crippen molar-refractivity contribution in [1.29, 1.82) is 0 Å². The van der Waals surface area contributed by atoms with Gasteiger partial charge in [0.05, 0.1) is 4.47 Å². The third-order valence-electron chi connectivity index (χ3n) is 3.13. The number of nitrogens with zero attached hydrogens (tertiary/aromatic N) is 2. The fourth-order valence-electron chi connectivity index (χ4n) is 1.96. The molecule has 0 radical (unpaired) electrons. The molecule has 0 unspecified atom stereocenters. The van der Waals surface area contributed by atoms with Gasteiger partial charge in [-0.05, 0) is 53.9 Å². The molecule has 1 aliphatic carbocycles. The summed E-state index contributed by atoms with van der Waals surface area (Å²) in [5.74, 6) is 3.36. The van der Waals surface area contributed by atoms with Gasteiger partial charge in [-0.1, -0.05) is 11.6 Å². The fraction of sp³-hybridized carbons (Fsp3) is 0.333. The van der Waals surface area contributed by atoms with E-state index >= 15 is 0 Å². The van der Waals surface area contributed by atoms with Gasteiger partial charge in [-0.2, -0.15) is 4.98 Å².